The number of hydrogen-bond acceptors (Lipinski definition) is 5. The van der Waals surface area contributed by atoms with Crippen molar-refractivity contribution in [2.75, 3.05) is 5.32 Å². The fourth-order valence-corrected chi connectivity index (χ4v) is 4.51. The Labute approximate surface area is 202 Å². The van der Waals surface area contributed by atoms with E-state index >= 15 is 0 Å². The minimum absolute atomic E-state index is 0.165. The van der Waals surface area contributed by atoms with E-state index in [2.05, 4.69) is 34.9 Å². The summed E-state index contributed by atoms with van der Waals surface area (Å²) in [5, 5.41) is 25.2. The molecule has 3 aromatic rings. The third kappa shape index (κ3) is 5.32. The van der Waals surface area contributed by atoms with Crippen molar-refractivity contribution in [2.45, 2.75) is 38.8 Å². The van der Waals surface area contributed by atoms with E-state index < -0.39 is 11.9 Å². The second-order valence-electron chi connectivity index (χ2n) is 8.28. The van der Waals surface area contributed by atoms with Gasteiger partial charge in [-0.05, 0) is 73.2 Å². The molecule has 4 N–H and O–H groups in total. The van der Waals surface area contributed by atoms with Crippen molar-refractivity contribution in [2.24, 2.45) is 0 Å². The molecule has 176 valence electrons. The number of carboxylic acids is 1. The summed E-state index contributed by atoms with van der Waals surface area (Å²) in [6.45, 7) is 2.20. The standard InChI is InChI=1S/C26H25ClN2O5/c1-15-11-18(29-25(31)26(32)33)13-21(27)24(15)34-19-9-10-23(30)17(12-19)14-28-22-8-4-6-16-5-2-3-7-20(16)22/h2-3,5,7,9-13,22,28,30H,4,6,8,14H2,1H3,(H,29,31)(H,32,33). The molecule has 1 aliphatic rings. The first-order chi connectivity index (χ1) is 16.3. The van der Waals surface area contributed by atoms with Crippen molar-refractivity contribution in [3.63, 3.8) is 0 Å². The third-order valence-corrected chi connectivity index (χ3v) is 6.14. The predicted octanol–water partition coefficient (Wildman–Crippen LogP) is 5.34. The lowest BCUT2D eigenvalue weighted by molar-refractivity contribution is -0.147. The minimum atomic E-state index is -1.59. The van der Waals surface area contributed by atoms with E-state index in [4.69, 9.17) is 21.4 Å². The molecule has 8 heteroatoms. The van der Waals surface area contributed by atoms with Crippen LogP contribution in [0.5, 0.6) is 17.2 Å². The number of aryl methyl sites for hydroxylation is 2. The van der Waals surface area contributed by atoms with Gasteiger partial charge in [-0.3, -0.25) is 4.79 Å². The SMILES string of the molecule is Cc1cc(NC(=O)C(=O)O)cc(Cl)c1Oc1ccc(O)c(CNC2CCCc3ccccc32)c1. The van der Waals surface area contributed by atoms with Gasteiger partial charge in [-0.15, -0.1) is 0 Å². The maximum atomic E-state index is 11.4. The van der Waals surface area contributed by atoms with Crippen LogP contribution in [-0.4, -0.2) is 22.1 Å². The number of phenols is 1. The van der Waals surface area contributed by atoms with Crippen molar-refractivity contribution in [1.82, 2.24) is 5.32 Å². The molecule has 4 rings (SSSR count). The molecular formula is C26H25ClN2O5. The molecule has 1 unspecified atom stereocenters. The Hall–Kier alpha value is -3.55. The molecule has 0 spiro atoms. The summed E-state index contributed by atoms with van der Waals surface area (Å²) in [6, 6.07) is 16.6. The van der Waals surface area contributed by atoms with Crippen LogP contribution in [0.4, 0.5) is 5.69 Å². The van der Waals surface area contributed by atoms with E-state index in [1.165, 1.54) is 17.2 Å². The molecule has 0 saturated carbocycles. The fourth-order valence-electron chi connectivity index (χ4n) is 4.20. The molecule has 0 heterocycles. The molecule has 7 nitrogen and oxygen atoms in total. The van der Waals surface area contributed by atoms with Crippen LogP contribution in [0.3, 0.4) is 0 Å². The van der Waals surface area contributed by atoms with E-state index in [1.807, 2.05) is 0 Å². The largest absolute Gasteiger partial charge is 0.508 e. The molecule has 3 aromatic carbocycles. The Kier molecular flexibility index (Phi) is 7.05. The van der Waals surface area contributed by atoms with Crippen LogP contribution in [0.15, 0.2) is 54.6 Å². The van der Waals surface area contributed by atoms with Gasteiger partial charge in [0.25, 0.3) is 0 Å². The highest BCUT2D eigenvalue weighted by atomic mass is 35.5. The van der Waals surface area contributed by atoms with Crippen LogP contribution in [0.25, 0.3) is 0 Å². The van der Waals surface area contributed by atoms with E-state index in [9.17, 15) is 14.7 Å². The number of hydrogen-bond donors (Lipinski definition) is 4. The maximum Gasteiger partial charge on any atom is 0.394 e. The number of benzene rings is 3. The van der Waals surface area contributed by atoms with Gasteiger partial charge < -0.3 is 25.6 Å². The van der Waals surface area contributed by atoms with Crippen LogP contribution in [-0.2, 0) is 22.6 Å². The predicted molar refractivity (Wildman–Crippen MR) is 130 cm³/mol. The lowest BCUT2D eigenvalue weighted by atomic mass is 9.87. The summed E-state index contributed by atoms with van der Waals surface area (Å²) in [6.07, 6.45) is 3.24. The number of aromatic hydroxyl groups is 1. The zero-order chi connectivity index (χ0) is 24.2. The summed E-state index contributed by atoms with van der Waals surface area (Å²) in [7, 11) is 0. The van der Waals surface area contributed by atoms with Gasteiger partial charge in [0.2, 0.25) is 0 Å². The fraction of sp³-hybridized carbons (Fsp3) is 0.231. The number of ether oxygens (including phenoxy) is 1. The van der Waals surface area contributed by atoms with Gasteiger partial charge in [0, 0.05) is 23.8 Å². The lowest BCUT2D eigenvalue weighted by Gasteiger charge is -2.26. The molecule has 1 aliphatic carbocycles. The van der Waals surface area contributed by atoms with Crippen LogP contribution >= 0.6 is 11.6 Å². The summed E-state index contributed by atoms with van der Waals surface area (Å²) >= 11 is 6.34. The minimum Gasteiger partial charge on any atom is -0.508 e. The monoisotopic (exact) mass is 480 g/mol. The highest BCUT2D eigenvalue weighted by Crippen LogP contribution is 2.37. The van der Waals surface area contributed by atoms with Crippen LogP contribution < -0.4 is 15.4 Å². The molecule has 0 saturated heterocycles. The molecular weight excluding hydrogens is 456 g/mol. The summed E-state index contributed by atoms with van der Waals surface area (Å²) in [5.41, 5.74) is 4.23. The van der Waals surface area contributed by atoms with Crippen molar-refractivity contribution >= 4 is 29.2 Å². The number of carboxylic acid groups (broad SMARTS) is 1. The number of aliphatic carboxylic acids is 1. The van der Waals surface area contributed by atoms with Crippen LogP contribution in [0, 0.1) is 6.92 Å². The van der Waals surface area contributed by atoms with Crippen LogP contribution in [0.2, 0.25) is 5.02 Å². The number of carbonyl (C=O) groups is 2. The Bertz CT molecular complexity index is 1220. The average molecular weight is 481 g/mol. The van der Waals surface area contributed by atoms with E-state index in [-0.39, 0.29) is 22.5 Å². The zero-order valence-corrected chi connectivity index (χ0v) is 19.4. The zero-order valence-electron chi connectivity index (χ0n) is 18.6. The second-order valence-corrected chi connectivity index (χ2v) is 8.69. The first-order valence-electron chi connectivity index (χ1n) is 11.0. The lowest BCUT2D eigenvalue weighted by Crippen LogP contribution is -2.24. The summed E-state index contributed by atoms with van der Waals surface area (Å²) in [5.74, 6) is -1.71. The molecule has 0 radical (unpaired) electrons. The highest BCUT2D eigenvalue weighted by Gasteiger charge is 2.20. The molecule has 0 fully saturated rings. The van der Waals surface area contributed by atoms with Crippen molar-refractivity contribution in [3.05, 3.63) is 81.9 Å². The molecule has 1 atom stereocenters. The second kappa shape index (κ2) is 10.2. The van der Waals surface area contributed by atoms with Gasteiger partial charge in [-0.1, -0.05) is 35.9 Å². The third-order valence-electron chi connectivity index (χ3n) is 5.86. The summed E-state index contributed by atoms with van der Waals surface area (Å²) in [4.78, 5) is 22.2. The number of nitrogens with one attached hydrogen (secondary N) is 2. The van der Waals surface area contributed by atoms with Crippen molar-refractivity contribution in [3.8, 4) is 17.2 Å². The number of halogens is 1. The van der Waals surface area contributed by atoms with Gasteiger partial charge in [-0.2, -0.15) is 0 Å². The topological polar surface area (TPSA) is 108 Å². The summed E-state index contributed by atoms with van der Waals surface area (Å²) < 4.78 is 5.99. The number of carbonyl (C=O) groups excluding carboxylic acids is 1. The Morgan fingerprint density at radius 1 is 1.15 bits per heavy atom. The van der Waals surface area contributed by atoms with E-state index in [0.717, 1.165) is 19.3 Å². The highest BCUT2D eigenvalue weighted by molar-refractivity contribution is 6.37. The first kappa shape index (κ1) is 23.6. The molecule has 0 aromatic heterocycles. The van der Waals surface area contributed by atoms with Crippen molar-refractivity contribution in [1.29, 1.82) is 0 Å². The molecule has 0 bridgehead atoms. The number of anilines is 1. The quantitative estimate of drug-likeness (QED) is 0.355. The number of amides is 1. The van der Waals surface area contributed by atoms with E-state index in [0.29, 0.717) is 29.2 Å². The maximum absolute atomic E-state index is 11.4. The first-order valence-corrected chi connectivity index (χ1v) is 11.3. The Balaban J connectivity index is 1.49. The van der Waals surface area contributed by atoms with Crippen molar-refractivity contribution < 1.29 is 24.5 Å². The van der Waals surface area contributed by atoms with Gasteiger partial charge in [-0.25, -0.2) is 4.79 Å². The smallest absolute Gasteiger partial charge is 0.394 e. The number of fused-ring (bicyclic) bond motifs is 1. The Morgan fingerprint density at radius 3 is 2.71 bits per heavy atom. The number of phenolic OH excluding ortho intramolecular Hbond substituents is 1. The molecule has 1 amide bonds. The van der Waals surface area contributed by atoms with E-state index in [1.54, 1.807) is 31.2 Å². The average Bonchev–Trinajstić information content (AvgIpc) is 2.81. The van der Waals surface area contributed by atoms with Gasteiger partial charge in [0.1, 0.15) is 17.2 Å². The van der Waals surface area contributed by atoms with Gasteiger partial charge in [0.15, 0.2) is 0 Å². The Morgan fingerprint density at radius 2 is 1.94 bits per heavy atom. The normalized spacial score (nSPS) is 14.8. The van der Waals surface area contributed by atoms with Gasteiger partial charge in [0.05, 0.1) is 5.02 Å². The molecule has 34 heavy (non-hydrogen) atoms. The van der Waals surface area contributed by atoms with Gasteiger partial charge >= 0.3 is 11.9 Å². The molecule has 0 aliphatic heterocycles. The number of rotatable bonds is 6. The van der Waals surface area contributed by atoms with Crippen LogP contribution in [0.1, 0.15) is 41.1 Å².